The summed E-state index contributed by atoms with van der Waals surface area (Å²) in [6, 6.07) is -0.871. The number of aliphatic hydroxyl groups excluding tert-OH is 1. The van der Waals surface area contributed by atoms with Crippen molar-refractivity contribution < 1.29 is 32.9 Å². The number of hydrogen-bond acceptors (Lipinski definition) is 5. The van der Waals surface area contributed by atoms with Gasteiger partial charge in [-0.15, -0.1) is 0 Å². The first kappa shape index (κ1) is 79.9. The molecule has 0 rings (SSSR count). The van der Waals surface area contributed by atoms with E-state index in [1.54, 1.807) is 6.08 Å². The average molecular weight is 1180 g/mol. The lowest BCUT2D eigenvalue weighted by molar-refractivity contribution is -0.870. The van der Waals surface area contributed by atoms with Crippen LogP contribution in [-0.4, -0.2) is 73.4 Å². The third-order valence-corrected chi connectivity index (χ3v) is 15.9. The fraction of sp³-hybridized carbons (Fsp3) is 0.716. The van der Waals surface area contributed by atoms with E-state index in [2.05, 4.69) is 129 Å². The van der Waals surface area contributed by atoms with Crippen molar-refractivity contribution >= 4 is 13.7 Å². The maximum Gasteiger partial charge on any atom is 0.472 e. The Bertz CT molecular complexity index is 1770. The Hall–Kier alpha value is -3.10. The lowest BCUT2D eigenvalue weighted by atomic mass is 10.0. The predicted octanol–water partition coefficient (Wildman–Crippen LogP) is 22.0. The average Bonchev–Trinajstić information content (AvgIpc) is 3.50. The van der Waals surface area contributed by atoms with Crippen molar-refractivity contribution in [3.63, 3.8) is 0 Å². The fourth-order valence-electron chi connectivity index (χ4n) is 9.61. The van der Waals surface area contributed by atoms with Crippen LogP contribution in [0.4, 0.5) is 0 Å². The van der Waals surface area contributed by atoms with Crippen molar-refractivity contribution in [1.82, 2.24) is 5.32 Å². The topological polar surface area (TPSA) is 105 Å². The highest BCUT2D eigenvalue weighted by molar-refractivity contribution is 7.47. The summed E-state index contributed by atoms with van der Waals surface area (Å²) in [6.45, 7) is 4.70. The summed E-state index contributed by atoms with van der Waals surface area (Å²) in [5.74, 6) is -0.189. The second kappa shape index (κ2) is 63.4. The zero-order chi connectivity index (χ0) is 60.5. The van der Waals surface area contributed by atoms with Crippen LogP contribution in [0.25, 0.3) is 0 Å². The van der Waals surface area contributed by atoms with Crippen LogP contribution < -0.4 is 5.32 Å². The monoisotopic (exact) mass is 1180 g/mol. The molecule has 3 atom stereocenters. The summed E-state index contributed by atoms with van der Waals surface area (Å²) < 4.78 is 23.8. The van der Waals surface area contributed by atoms with E-state index < -0.39 is 20.0 Å². The molecule has 0 aliphatic carbocycles. The summed E-state index contributed by atoms with van der Waals surface area (Å²) in [7, 11) is 1.55. The van der Waals surface area contributed by atoms with E-state index in [9.17, 15) is 19.4 Å². The zero-order valence-electron chi connectivity index (χ0n) is 54.7. The lowest BCUT2D eigenvalue weighted by Crippen LogP contribution is -2.45. The third-order valence-electron chi connectivity index (χ3n) is 14.9. The first-order chi connectivity index (χ1) is 40.5. The Balaban J connectivity index is 4.10. The number of hydrogen-bond donors (Lipinski definition) is 3. The van der Waals surface area contributed by atoms with Gasteiger partial charge in [-0.2, -0.15) is 0 Å². The minimum absolute atomic E-state index is 0.0521. The largest absolute Gasteiger partial charge is 0.472 e. The SMILES string of the molecule is CC/C=C\C/C=C\C/C=C\C/C=C\C/C=C\C/C=C\C/C=C\C/C=C\CCCCCCCCCCCCCCCCC(=O)NC(COP(=O)(O)OCC[N+](C)(C)C)C(O)/C=C/CC/C=C/CCCCCCCCCCCCCCCCCC. The molecule has 0 radical (unpaired) electrons. The molecule has 9 heteroatoms. The van der Waals surface area contributed by atoms with Crippen LogP contribution in [0.2, 0.25) is 0 Å². The van der Waals surface area contributed by atoms with Gasteiger partial charge in [-0.1, -0.05) is 309 Å². The summed E-state index contributed by atoms with van der Waals surface area (Å²) in [5.41, 5.74) is 0. The number of carbonyl (C=O) groups excluding carboxylic acids is 1. The Labute approximate surface area is 514 Å². The van der Waals surface area contributed by atoms with E-state index in [4.69, 9.17) is 9.05 Å². The number of phosphoric ester groups is 1. The summed E-state index contributed by atoms with van der Waals surface area (Å²) in [5, 5.41) is 14.0. The molecule has 478 valence electrons. The van der Waals surface area contributed by atoms with Gasteiger partial charge in [0.15, 0.2) is 0 Å². The molecule has 0 bridgehead atoms. The molecule has 0 aromatic heterocycles. The van der Waals surface area contributed by atoms with Gasteiger partial charge in [0.25, 0.3) is 0 Å². The van der Waals surface area contributed by atoms with Crippen LogP contribution >= 0.6 is 7.82 Å². The van der Waals surface area contributed by atoms with Gasteiger partial charge in [0.05, 0.1) is 39.9 Å². The van der Waals surface area contributed by atoms with Crippen LogP contribution in [0.1, 0.15) is 290 Å². The van der Waals surface area contributed by atoms with Crippen molar-refractivity contribution in [1.29, 1.82) is 0 Å². The number of allylic oxidation sites excluding steroid dienone is 19. The number of nitrogens with zero attached hydrogens (tertiary/aromatic N) is 1. The third kappa shape index (κ3) is 66.3. The number of aliphatic hydroxyl groups is 1. The van der Waals surface area contributed by atoms with Gasteiger partial charge in [-0.05, 0) is 96.3 Å². The van der Waals surface area contributed by atoms with Gasteiger partial charge in [0.2, 0.25) is 5.91 Å². The lowest BCUT2D eigenvalue weighted by Gasteiger charge is -2.25. The molecule has 8 nitrogen and oxygen atoms in total. The minimum Gasteiger partial charge on any atom is -0.387 e. The molecule has 0 spiro atoms. The standard InChI is InChI=1S/C74H131N2O6P/c1-6-8-10-12-14-16-18-20-22-24-26-28-30-31-32-33-34-35-36-37-38-39-40-41-42-43-44-45-46-48-50-52-54-56-58-60-62-64-66-68-74(78)75-72(71-82-83(79,80)81-70-69-76(3,4)5)73(77)67-65-63-61-59-57-55-53-51-49-47-29-27-25-23-21-19-17-15-13-11-9-7-2/h8,10,14,16,20,22,26,28,31-32,34-35,37-38,40-41,57,59,65,67,72-73,77H,6-7,9,11-13,15,17-19,21,23-25,27,29-30,33,36,39,42-56,58,60-64,66,68-71H2,1-5H3,(H-,75,78,79,80)/p+1/b10-8-,16-14-,22-20-,28-26-,32-31-,35-34-,38-37-,41-40-,59-57+,67-65+. The van der Waals surface area contributed by atoms with Crippen molar-refractivity contribution in [2.24, 2.45) is 0 Å². The van der Waals surface area contributed by atoms with E-state index in [-0.39, 0.29) is 19.1 Å². The van der Waals surface area contributed by atoms with Crippen molar-refractivity contribution in [3.05, 3.63) is 122 Å². The summed E-state index contributed by atoms with van der Waals surface area (Å²) >= 11 is 0. The summed E-state index contributed by atoms with van der Waals surface area (Å²) in [6.07, 6.45) is 94.8. The molecule has 0 aliphatic heterocycles. The first-order valence-corrected chi connectivity index (χ1v) is 35.9. The second-order valence-electron chi connectivity index (χ2n) is 24.2. The van der Waals surface area contributed by atoms with Crippen molar-refractivity contribution in [2.75, 3.05) is 40.9 Å². The van der Waals surface area contributed by atoms with E-state index in [0.717, 1.165) is 89.9 Å². The van der Waals surface area contributed by atoms with E-state index in [1.165, 1.54) is 180 Å². The molecular formula is C74H132N2O6P+. The quantitative estimate of drug-likeness (QED) is 0.0243. The van der Waals surface area contributed by atoms with Gasteiger partial charge in [-0.25, -0.2) is 4.57 Å². The van der Waals surface area contributed by atoms with Crippen molar-refractivity contribution in [2.45, 2.75) is 302 Å². The smallest absolute Gasteiger partial charge is 0.387 e. The Morgan fingerprint density at radius 2 is 0.735 bits per heavy atom. The second-order valence-corrected chi connectivity index (χ2v) is 25.6. The highest BCUT2D eigenvalue weighted by Crippen LogP contribution is 2.43. The number of likely N-dealkylation sites (N-methyl/N-ethyl adjacent to an activating group) is 1. The van der Waals surface area contributed by atoms with E-state index in [0.29, 0.717) is 17.4 Å². The molecule has 0 saturated heterocycles. The molecule has 1 amide bonds. The van der Waals surface area contributed by atoms with Crippen LogP contribution in [0.3, 0.4) is 0 Å². The number of quaternary nitrogens is 1. The van der Waals surface area contributed by atoms with Crippen LogP contribution in [-0.2, 0) is 18.4 Å². The number of nitrogens with one attached hydrogen (secondary N) is 1. The molecule has 83 heavy (non-hydrogen) atoms. The number of rotatable bonds is 62. The van der Waals surface area contributed by atoms with E-state index >= 15 is 0 Å². The van der Waals surface area contributed by atoms with Gasteiger partial charge in [0, 0.05) is 6.42 Å². The fourth-order valence-corrected chi connectivity index (χ4v) is 10.3. The molecule has 0 heterocycles. The molecule has 0 aromatic carbocycles. The molecule has 0 saturated carbocycles. The highest BCUT2D eigenvalue weighted by Gasteiger charge is 2.28. The zero-order valence-corrected chi connectivity index (χ0v) is 55.5. The number of amides is 1. The van der Waals surface area contributed by atoms with Crippen LogP contribution in [0.15, 0.2) is 122 Å². The van der Waals surface area contributed by atoms with Gasteiger partial charge < -0.3 is 19.8 Å². The Morgan fingerprint density at radius 3 is 1.11 bits per heavy atom. The minimum atomic E-state index is -4.37. The molecule has 3 unspecified atom stereocenters. The number of phosphoric acid groups is 1. The van der Waals surface area contributed by atoms with Crippen LogP contribution in [0, 0.1) is 0 Å². The molecular weight excluding hydrogens is 1040 g/mol. The molecule has 3 N–H and O–H groups in total. The van der Waals surface area contributed by atoms with Gasteiger partial charge in [0.1, 0.15) is 13.2 Å². The summed E-state index contributed by atoms with van der Waals surface area (Å²) in [4.78, 5) is 23.4. The van der Waals surface area contributed by atoms with Crippen LogP contribution in [0.5, 0.6) is 0 Å². The normalized spacial score (nSPS) is 14.4. The predicted molar refractivity (Wildman–Crippen MR) is 364 cm³/mol. The molecule has 0 fully saturated rings. The van der Waals surface area contributed by atoms with Gasteiger partial charge >= 0.3 is 7.82 Å². The first-order valence-electron chi connectivity index (χ1n) is 34.4. The van der Waals surface area contributed by atoms with Crippen molar-refractivity contribution in [3.8, 4) is 0 Å². The maximum absolute atomic E-state index is 13.0. The number of carbonyl (C=O) groups is 1. The van der Waals surface area contributed by atoms with E-state index in [1.807, 2.05) is 27.2 Å². The molecule has 0 aliphatic rings. The maximum atomic E-state index is 13.0. The Kier molecular flexibility index (Phi) is 61.0. The number of unbranched alkanes of at least 4 members (excludes halogenated alkanes) is 31. The Morgan fingerprint density at radius 1 is 0.422 bits per heavy atom. The molecule has 0 aromatic rings. The van der Waals surface area contributed by atoms with Gasteiger partial charge in [-0.3, -0.25) is 13.8 Å². The highest BCUT2D eigenvalue weighted by atomic mass is 31.2.